The van der Waals surface area contributed by atoms with Crippen LogP contribution in [0.4, 0.5) is 19.0 Å². The summed E-state index contributed by atoms with van der Waals surface area (Å²) < 4.78 is 38.0. The Labute approximate surface area is 120 Å². The lowest BCUT2D eigenvalue weighted by Gasteiger charge is -2.16. The molecule has 0 amide bonds. The number of rotatable bonds is 3. The van der Waals surface area contributed by atoms with Gasteiger partial charge in [0, 0.05) is 12.2 Å². The molecule has 0 fully saturated rings. The number of anilines is 1. The van der Waals surface area contributed by atoms with Crippen LogP contribution in [-0.2, 0) is 6.18 Å². The van der Waals surface area contributed by atoms with Crippen LogP contribution in [0.15, 0.2) is 42.6 Å². The molecule has 1 N–H and O–H groups in total. The minimum Gasteiger partial charge on any atom is -0.364 e. The molecule has 3 nitrogen and oxygen atoms in total. The lowest BCUT2D eigenvalue weighted by Crippen LogP contribution is -2.10. The Morgan fingerprint density at radius 2 is 2.00 bits per heavy atom. The smallest absolute Gasteiger partial charge is 0.364 e. The topological polar surface area (TPSA) is 48.7 Å². The van der Waals surface area contributed by atoms with Crippen LogP contribution in [0, 0.1) is 11.3 Å². The van der Waals surface area contributed by atoms with Crippen LogP contribution in [0.2, 0.25) is 0 Å². The average molecular weight is 291 g/mol. The number of nitrogens with zero attached hydrogens (tertiary/aromatic N) is 2. The standard InChI is InChI=1S/C15H12F3N3/c1-10(21-14-6-5-11(8-19)9-20-14)12-3-2-4-13(7-12)15(16,17)18/h2-7,9-10H,1H3,(H,20,21). The maximum absolute atomic E-state index is 12.7. The number of aromatic nitrogens is 1. The number of hydrogen-bond acceptors (Lipinski definition) is 3. The minimum atomic E-state index is -4.36. The van der Waals surface area contributed by atoms with Gasteiger partial charge >= 0.3 is 6.18 Å². The largest absolute Gasteiger partial charge is 0.416 e. The summed E-state index contributed by atoms with van der Waals surface area (Å²) in [6.07, 6.45) is -2.95. The summed E-state index contributed by atoms with van der Waals surface area (Å²) in [6, 6.07) is 9.96. The van der Waals surface area contributed by atoms with Gasteiger partial charge in [-0.2, -0.15) is 18.4 Å². The molecule has 0 saturated carbocycles. The van der Waals surface area contributed by atoms with E-state index in [1.807, 2.05) is 6.07 Å². The summed E-state index contributed by atoms with van der Waals surface area (Å²) in [6.45, 7) is 1.75. The van der Waals surface area contributed by atoms with Crippen molar-refractivity contribution in [1.29, 1.82) is 5.26 Å². The van der Waals surface area contributed by atoms with Crippen molar-refractivity contribution in [2.45, 2.75) is 19.1 Å². The van der Waals surface area contributed by atoms with Crippen molar-refractivity contribution in [3.8, 4) is 6.07 Å². The van der Waals surface area contributed by atoms with E-state index < -0.39 is 11.7 Å². The van der Waals surface area contributed by atoms with E-state index in [0.717, 1.165) is 12.1 Å². The van der Waals surface area contributed by atoms with E-state index in [9.17, 15) is 13.2 Å². The molecule has 1 aromatic heterocycles. The summed E-state index contributed by atoms with van der Waals surface area (Å²) >= 11 is 0. The number of nitriles is 1. The zero-order valence-corrected chi connectivity index (χ0v) is 11.1. The van der Waals surface area contributed by atoms with Crippen LogP contribution in [0.25, 0.3) is 0 Å². The Morgan fingerprint density at radius 3 is 2.57 bits per heavy atom. The normalized spacial score (nSPS) is 12.5. The molecule has 0 aliphatic carbocycles. The van der Waals surface area contributed by atoms with Crippen molar-refractivity contribution in [3.05, 3.63) is 59.3 Å². The second kappa shape index (κ2) is 5.83. The first kappa shape index (κ1) is 14.9. The molecule has 21 heavy (non-hydrogen) atoms. The summed E-state index contributed by atoms with van der Waals surface area (Å²) in [5.41, 5.74) is 0.254. The van der Waals surface area contributed by atoms with Gasteiger partial charge in [-0.1, -0.05) is 12.1 Å². The lowest BCUT2D eigenvalue weighted by molar-refractivity contribution is -0.137. The van der Waals surface area contributed by atoms with Gasteiger partial charge in [0.1, 0.15) is 11.9 Å². The quantitative estimate of drug-likeness (QED) is 0.924. The highest BCUT2D eigenvalue weighted by molar-refractivity contribution is 5.42. The number of alkyl halides is 3. The highest BCUT2D eigenvalue weighted by Gasteiger charge is 2.30. The molecule has 2 rings (SSSR count). The molecule has 0 spiro atoms. The van der Waals surface area contributed by atoms with Gasteiger partial charge in [-0.05, 0) is 36.8 Å². The van der Waals surface area contributed by atoms with E-state index in [-0.39, 0.29) is 6.04 Å². The Balaban J connectivity index is 2.16. The number of nitrogens with one attached hydrogen (secondary N) is 1. The van der Waals surface area contributed by atoms with Crippen molar-refractivity contribution in [1.82, 2.24) is 4.98 Å². The van der Waals surface area contributed by atoms with Crippen LogP contribution in [0.5, 0.6) is 0 Å². The first-order valence-electron chi connectivity index (χ1n) is 6.20. The lowest BCUT2D eigenvalue weighted by atomic mass is 10.0. The van der Waals surface area contributed by atoms with Crippen molar-refractivity contribution < 1.29 is 13.2 Å². The summed E-state index contributed by atoms with van der Waals surface area (Å²) in [5.74, 6) is 0.499. The summed E-state index contributed by atoms with van der Waals surface area (Å²) in [5, 5.41) is 11.7. The van der Waals surface area contributed by atoms with Crippen LogP contribution < -0.4 is 5.32 Å². The van der Waals surface area contributed by atoms with Gasteiger partial charge in [0.25, 0.3) is 0 Å². The Hall–Kier alpha value is -2.55. The molecule has 1 heterocycles. The highest BCUT2D eigenvalue weighted by Crippen LogP contribution is 2.31. The third kappa shape index (κ3) is 3.72. The molecule has 0 aliphatic heterocycles. The zero-order chi connectivity index (χ0) is 15.5. The van der Waals surface area contributed by atoms with Gasteiger partial charge in [0.2, 0.25) is 0 Å². The minimum absolute atomic E-state index is 0.340. The number of hydrogen-bond donors (Lipinski definition) is 1. The fourth-order valence-corrected chi connectivity index (χ4v) is 1.83. The molecule has 0 radical (unpaired) electrons. The Bertz CT molecular complexity index is 657. The van der Waals surface area contributed by atoms with E-state index in [2.05, 4.69) is 10.3 Å². The molecular formula is C15H12F3N3. The van der Waals surface area contributed by atoms with Gasteiger partial charge < -0.3 is 5.32 Å². The van der Waals surface area contributed by atoms with Crippen LogP contribution in [0.1, 0.15) is 29.7 Å². The monoisotopic (exact) mass is 291 g/mol. The molecule has 0 saturated heterocycles. The highest BCUT2D eigenvalue weighted by atomic mass is 19.4. The fourth-order valence-electron chi connectivity index (χ4n) is 1.83. The van der Waals surface area contributed by atoms with E-state index in [1.165, 1.54) is 12.3 Å². The molecule has 1 unspecified atom stereocenters. The van der Waals surface area contributed by atoms with Gasteiger partial charge in [-0.15, -0.1) is 0 Å². The predicted octanol–water partition coefficient (Wildman–Crippen LogP) is 4.15. The number of pyridine rings is 1. The second-order valence-corrected chi connectivity index (χ2v) is 4.53. The van der Waals surface area contributed by atoms with Crippen molar-refractivity contribution >= 4 is 5.82 Å². The SMILES string of the molecule is CC(Nc1ccc(C#N)cn1)c1cccc(C(F)(F)F)c1. The maximum atomic E-state index is 12.7. The average Bonchev–Trinajstić information content (AvgIpc) is 2.47. The van der Waals surface area contributed by atoms with Gasteiger partial charge in [0.05, 0.1) is 11.1 Å². The van der Waals surface area contributed by atoms with Gasteiger partial charge in [-0.3, -0.25) is 0 Å². The van der Waals surface area contributed by atoms with Crippen LogP contribution in [0.3, 0.4) is 0 Å². The zero-order valence-electron chi connectivity index (χ0n) is 11.1. The molecule has 1 atom stereocenters. The van der Waals surface area contributed by atoms with E-state index >= 15 is 0 Å². The maximum Gasteiger partial charge on any atom is 0.416 e. The molecule has 2 aromatic rings. The third-order valence-corrected chi connectivity index (χ3v) is 2.97. The number of halogens is 3. The Kier molecular flexibility index (Phi) is 4.13. The van der Waals surface area contributed by atoms with Gasteiger partial charge in [0.15, 0.2) is 0 Å². The van der Waals surface area contributed by atoms with Crippen LogP contribution in [-0.4, -0.2) is 4.98 Å². The van der Waals surface area contributed by atoms with Crippen molar-refractivity contribution in [3.63, 3.8) is 0 Å². The third-order valence-electron chi connectivity index (χ3n) is 2.97. The fraction of sp³-hybridized carbons (Fsp3) is 0.200. The molecule has 108 valence electrons. The molecule has 6 heteroatoms. The van der Waals surface area contributed by atoms with Gasteiger partial charge in [-0.25, -0.2) is 4.98 Å². The van der Waals surface area contributed by atoms with E-state index in [0.29, 0.717) is 16.9 Å². The molecule has 0 aliphatic rings. The molecule has 0 bridgehead atoms. The first-order chi connectivity index (χ1) is 9.90. The molecular weight excluding hydrogens is 279 g/mol. The van der Waals surface area contributed by atoms with Crippen LogP contribution >= 0.6 is 0 Å². The summed E-state index contributed by atoms with van der Waals surface area (Å²) in [4.78, 5) is 4.03. The number of benzene rings is 1. The second-order valence-electron chi connectivity index (χ2n) is 4.53. The summed E-state index contributed by atoms with van der Waals surface area (Å²) in [7, 11) is 0. The van der Waals surface area contributed by atoms with Crippen molar-refractivity contribution in [2.75, 3.05) is 5.32 Å². The van der Waals surface area contributed by atoms with E-state index in [4.69, 9.17) is 5.26 Å². The van der Waals surface area contributed by atoms with Crippen molar-refractivity contribution in [2.24, 2.45) is 0 Å². The Morgan fingerprint density at radius 1 is 1.24 bits per heavy atom. The molecule has 1 aromatic carbocycles. The van der Waals surface area contributed by atoms with E-state index in [1.54, 1.807) is 25.1 Å². The first-order valence-corrected chi connectivity index (χ1v) is 6.20. The predicted molar refractivity (Wildman–Crippen MR) is 72.4 cm³/mol.